The monoisotopic (exact) mass is 527 g/mol. The van der Waals surface area contributed by atoms with Crippen LogP contribution in [0.1, 0.15) is 55.0 Å². The third-order valence-corrected chi connectivity index (χ3v) is 9.27. The first-order valence-corrected chi connectivity index (χ1v) is 14.1. The number of fused-ring (bicyclic) bond motifs is 1. The Morgan fingerprint density at radius 3 is 2.54 bits per heavy atom. The van der Waals surface area contributed by atoms with Crippen LogP contribution in [0.5, 0.6) is 0 Å². The van der Waals surface area contributed by atoms with Crippen LogP contribution >= 0.6 is 34.5 Å². The fourth-order valence-electron chi connectivity index (χ4n) is 5.32. The van der Waals surface area contributed by atoms with Crippen LogP contribution in [-0.2, 0) is 4.79 Å². The second-order valence-electron chi connectivity index (χ2n) is 9.83. The second-order valence-corrected chi connectivity index (χ2v) is 11.7. The topological polar surface area (TPSA) is 45.2 Å². The van der Waals surface area contributed by atoms with Crippen molar-refractivity contribution in [2.75, 3.05) is 19.6 Å². The molecule has 2 heterocycles. The predicted molar refractivity (Wildman–Crippen MR) is 147 cm³/mol. The van der Waals surface area contributed by atoms with E-state index in [9.17, 15) is 4.79 Å². The van der Waals surface area contributed by atoms with E-state index < -0.39 is 0 Å². The van der Waals surface area contributed by atoms with E-state index in [1.54, 1.807) is 24.3 Å². The summed E-state index contributed by atoms with van der Waals surface area (Å²) in [5.74, 6) is 1.29. The van der Waals surface area contributed by atoms with Crippen molar-refractivity contribution in [1.29, 1.82) is 0 Å². The van der Waals surface area contributed by atoms with Gasteiger partial charge in [-0.05, 0) is 93.4 Å². The minimum Gasteiger partial charge on any atom is -0.350 e. The first kappa shape index (κ1) is 24.8. The highest BCUT2D eigenvalue weighted by Gasteiger charge is 2.27. The molecular weight excluding hydrogens is 497 g/mol. The molecule has 0 radical (unpaired) electrons. The molecule has 2 aliphatic rings. The van der Waals surface area contributed by atoms with Gasteiger partial charge in [-0.3, -0.25) is 4.79 Å². The molecule has 1 saturated carbocycles. The molecule has 2 aromatic carbocycles. The summed E-state index contributed by atoms with van der Waals surface area (Å²) in [6.45, 7) is 3.51. The molecule has 1 saturated heterocycles. The van der Waals surface area contributed by atoms with Gasteiger partial charge in [-0.15, -0.1) is 11.3 Å². The van der Waals surface area contributed by atoms with Crippen LogP contribution in [0.25, 0.3) is 16.3 Å². The molecule has 5 rings (SSSR count). The number of piperidine rings is 1. The average Bonchev–Trinajstić information content (AvgIpc) is 3.31. The van der Waals surface area contributed by atoms with Crippen molar-refractivity contribution >= 4 is 56.7 Å². The zero-order valence-corrected chi connectivity index (χ0v) is 22.1. The number of likely N-dealkylation sites (tertiary alicyclic amines) is 1. The largest absolute Gasteiger partial charge is 0.350 e. The molecule has 1 aliphatic carbocycles. The first-order chi connectivity index (χ1) is 17.0. The summed E-state index contributed by atoms with van der Waals surface area (Å²) < 4.78 is 1.30. The normalized spacial score (nSPS) is 22.1. The maximum Gasteiger partial charge on any atom is 0.244 e. The van der Waals surface area contributed by atoms with E-state index in [0.717, 1.165) is 42.9 Å². The minimum absolute atomic E-state index is 0.0450. The Balaban J connectivity index is 1.03. The molecule has 0 atom stereocenters. The molecular formula is C28H31Cl2N3OS. The summed E-state index contributed by atoms with van der Waals surface area (Å²) in [7, 11) is 0. The molecule has 7 heteroatoms. The van der Waals surface area contributed by atoms with Crippen molar-refractivity contribution in [1.82, 2.24) is 15.2 Å². The summed E-state index contributed by atoms with van der Waals surface area (Å²) in [5, 5.41) is 5.50. The van der Waals surface area contributed by atoms with Gasteiger partial charge in [0.25, 0.3) is 0 Å². The van der Waals surface area contributed by atoms with E-state index >= 15 is 0 Å². The van der Waals surface area contributed by atoms with Gasteiger partial charge in [0, 0.05) is 24.6 Å². The van der Waals surface area contributed by atoms with E-state index in [0.29, 0.717) is 16.0 Å². The van der Waals surface area contributed by atoms with Gasteiger partial charge in [-0.1, -0.05) is 41.4 Å². The molecule has 1 N–H and O–H groups in total. The molecule has 0 bridgehead atoms. The second kappa shape index (κ2) is 11.4. The van der Waals surface area contributed by atoms with Crippen molar-refractivity contribution in [2.24, 2.45) is 5.92 Å². The molecule has 1 amide bonds. The fourth-order valence-corrected chi connectivity index (χ4v) is 6.76. The Labute approximate surface area is 221 Å². The zero-order valence-electron chi connectivity index (χ0n) is 19.8. The van der Waals surface area contributed by atoms with Gasteiger partial charge in [0.1, 0.15) is 0 Å². The van der Waals surface area contributed by atoms with Crippen molar-refractivity contribution in [3.8, 4) is 0 Å². The van der Waals surface area contributed by atoms with Gasteiger partial charge in [0.2, 0.25) is 5.91 Å². The van der Waals surface area contributed by atoms with Crippen LogP contribution in [0.2, 0.25) is 10.0 Å². The number of para-hydroxylation sites is 1. The maximum absolute atomic E-state index is 12.4. The van der Waals surface area contributed by atoms with Gasteiger partial charge in [-0.25, -0.2) is 4.98 Å². The van der Waals surface area contributed by atoms with E-state index in [1.165, 1.54) is 41.9 Å². The van der Waals surface area contributed by atoms with Crippen molar-refractivity contribution in [3.05, 3.63) is 69.2 Å². The summed E-state index contributed by atoms with van der Waals surface area (Å²) in [6, 6.07) is 14.1. The van der Waals surface area contributed by atoms with Gasteiger partial charge >= 0.3 is 0 Å². The maximum atomic E-state index is 12.4. The van der Waals surface area contributed by atoms with Crippen molar-refractivity contribution in [3.63, 3.8) is 0 Å². The molecule has 1 aliphatic heterocycles. The Morgan fingerprint density at radius 1 is 1.03 bits per heavy atom. The lowest BCUT2D eigenvalue weighted by Crippen LogP contribution is -2.41. The number of rotatable bonds is 6. The number of benzene rings is 2. The summed E-state index contributed by atoms with van der Waals surface area (Å²) in [6.07, 6.45) is 10.2. The molecule has 35 heavy (non-hydrogen) atoms. The number of thiazole rings is 1. The molecule has 3 aromatic rings. The number of halogens is 2. The highest BCUT2D eigenvalue weighted by atomic mass is 35.5. The average molecular weight is 529 g/mol. The highest BCUT2D eigenvalue weighted by molar-refractivity contribution is 7.18. The first-order valence-electron chi connectivity index (χ1n) is 12.5. The number of carbonyl (C=O) groups excluding carboxylic acids is 1. The van der Waals surface area contributed by atoms with Crippen LogP contribution < -0.4 is 5.32 Å². The van der Waals surface area contributed by atoms with Gasteiger partial charge in [-0.2, -0.15) is 0 Å². The molecule has 0 unspecified atom stereocenters. The summed E-state index contributed by atoms with van der Waals surface area (Å²) in [5.41, 5.74) is 2.01. The van der Waals surface area contributed by atoms with Crippen LogP contribution in [0, 0.1) is 5.92 Å². The summed E-state index contributed by atoms with van der Waals surface area (Å²) in [4.78, 5) is 19.9. The van der Waals surface area contributed by atoms with Gasteiger partial charge in [0.15, 0.2) is 0 Å². The standard InChI is InChI=1S/C28H31Cl2N3OS/c29-23-11-7-19(17-24(23)30)8-12-27(34)31-22-9-5-20(6-10-22)18-33-15-13-21(14-16-33)28-32-25-3-1-2-4-26(25)35-28/h1-4,7-8,11-12,17,20-22H,5-6,9-10,13-16,18H2,(H,31,34)/b12-8+. The summed E-state index contributed by atoms with van der Waals surface area (Å²) >= 11 is 13.9. The van der Waals surface area contributed by atoms with Crippen molar-refractivity contribution < 1.29 is 4.79 Å². The Morgan fingerprint density at radius 2 is 1.80 bits per heavy atom. The SMILES string of the molecule is O=C(/C=C/c1ccc(Cl)c(Cl)c1)NC1CCC(CN2CCC(c3nc4ccccc4s3)CC2)CC1. The van der Waals surface area contributed by atoms with E-state index in [2.05, 4.69) is 34.5 Å². The van der Waals surface area contributed by atoms with Gasteiger partial charge in [0.05, 0.1) is 25.3 Å². The van der Waals surface area contributed by atoms with Gasteiger partial charge < -0.3 is 10.2 Å². The molecule has 2 fully saturated rings. The Bertz CT molecular complexity index is 1160. The van der Waals surface area contributed by atoms with Crippen molar-refractivity contribution in [2.45, 2.75) is 50.5 Å². The van der Waals surface area contributed by atoms with Crippen LogP contribution in [0.3, 0.4) is 0 Å². The molecule has 1 aromatic heterocycles. The predicted octanol–water partition coefficient (Wildman–Crippen LogP) is 7.17. The quantitative estimate of drug-likeness (QED) is 0.345. The Kier molecular flexibility index (Phi) is 8.08. The van der Waals surface area contributed by atoms with E-state index in [-0.39, 0.29) is 11.9 Å². The number of aromatic nitrogens is 1. The molecule has 184 valence electrons. The number of amides is 1. The van der Waals surface area contributed by atoms with Crippen LogP contribution in [0.15, 0.2) is 48.5 Å². The van der Waals surface area contributed by atoms with Crippen LogP contribution in [-0.4, -0.2) is 41.5 Å². The smallest absolute Gasteiger partial charge is 0.244 e. The fraction of sp³-hybridized carbons (Fsp3) is 0.429. The molecule has 0 spiro atoms. The number of carbonyl (C=O) groups is 1. The van der Waals surface area contributed by atoms with Crippen LogP contribution in [0.4, 0.5) is 0 Å². The third kappa shape index (κ3) is 6.45. The lowest BCUT2D eigenvalue weighted by Gasteiger charge is -2.36. The number of nitrogens with one attached hydrogen (secondary N) is 1. The molecule has 4 nitrogen and oxygen atoms in total. The van der Waals surface area contributed by atoms with E-state index in [4.69, 9.17) is 28.2 Å². The van der Waals surface area contributed by atoms with E-state index in [1.807, 2.05) is 17.4 Å². The number of hydrogen-bond donors (Lipinski definition) is 1. The lowest BCUT2D eigenvalue weighted by molar-refractivity contribution is -0.117. The minimum atomic E-state index is -0.0450. The third-order valence-electron chi connectivity index (χ3n) is 7.33. The number of hydrogen-bond acceptors (Lipinski definition) is 4. The number of nitrogens with zero attached hydrogens (tertiary/aromatic N) is 2. The highest BCUT2D eigenvalue weighted by Crippen LogP contribution is 2.35. The Hall–Kier alpha value is -1.92. The zero-order chi connectivity index (χ0) is 24.2. The lowest BCUT2D eigenvalue weighted by atomic mass is 9.85.